The summed E-state index contributed by atoms with van der Waals surface area (Å²) in [7, 11) is 0. The van der Waals surface area contributed by atoms with Crippen LogP contribution in [-0.2, 0) is 0 Å². The van der Waals surface area contributed by atoms with Crippen LogP contribution in [0.1, 0.15) is 26.5 Å². The number of rotatable bonds is 4. The van der Waals surface area contributed by atoms with Gasteiger partial charge in [-0.2, -0.15) is 0 Å². The highest BCUT2D eigenvalue weighted by molar-refractivity contribution is 5.49. The Labute approximate surface area is 80.1 Å². The Morgan fingerprint density at radius 2 is 2.46 bits per heavy atom. The predicted molar refractivity (Wildman–Crippen MR) is 57.6 cm³/mol. The highest BCUT2D eigenvalue weighted by Gasteiger charge is 2.01. The van der Waals surface area contributed by atoms with Gasteiger partial charge in [-0.3, -0.25) is 0 Å². The van der Waals surface area contributed by atoms with E-state index >= 15 is 0 Å². The third kappa shape index (κ3) is 3.07. The molecule has 0 saturated heterocycles. The van der Waals surface area contributed by atoms with Crippen LogP contribution in [0.25, 0.3) is 6.08 Å². The van der Waals surface area contributed by atoms with Crippen molar-refractivity contribution in [1.82, 2.24) is 10.3 Å². The molecule has 0 amide bonds. The van der Waals surface area contributed by atoms with Crippen LogP contribution in [0.4, 0.5) is 0 Å². The largest absolute Gasteiger partial charge is 0.362 e. The average molecular weight is 178 g/mol. The van der Waals surface area contributed by atoms with Crippen molar-refractivity contribution >= 4 is 6.08 Å². The zero-order valence-corrected chi connectivity index (χ0v) is 8.59. The number of H-pyrrole nitrogens is 1. The molecule has 0 bridgehead atoms. The molecule has 1 unspecified atom stereocenters. The van der Waals surface area contributed by atoms with Crippen LogP contribution >= 0.6 is 0 Å². The topological polar surface area (TPSA) is 27.8 Å². The number of hydrogen-bond donors (Lipinski definition) is 2. The van der Waals surface area contributed by atoms with E-state index in [0.717, 1.165) is 6.54 Å². The van der Waals surface area contributed by atoms with E-state index in [0.29, 0.717) is 6.04 Å². The summed E-state index contributed by atoms with van der Waals surface area (Å²) in [5.74, 6) is 0. The van der Waals surface area contributed by atoms with Crippen LogP contribution in [0, 0.1) is 0 Å². The molecule has 2 nitrogen and oxygen atoms in total. The quantitative estimate of drug-likeness (QED) is 0.728. The molecule has 1 heterocycles. The van der Waals surface area contributed by atoms with Crippen LogP contribution in [0.3, 0.4) is 0 Å². The van der Waals surface area contributed by atoms with Crippen molar-refractivity contribution < 1.29 is 0 Å². The molecule has 2 heteroatoms. The zero-order chi connectivity index (χ0) is 9.68. The van der Waals surface area contributed by atoms with E-state index in [1.165, 1.54) is 11.3 Å². The second kappa shape index (κ2) is 4.87. The van der Waals surface area contributed by atoms with E-state index in [9.17, 15) is 0 Å². The van der Waals surface area contributed by atoms with Gasteiger partial charge in [-0.25, -0.2) is 0 Å². The van der Waals surface area contributed by atoms with E-state index in [2.05, 4.69) is 43.2 Å². The predicted octanol–water partition coefficient (Wildman–Crippen LogP) is 2.42. The summed E-state index contributed by atoms with van der Waals surface area (Å²) in [5, 5.41) is 3.38. The Bertz CT molecular complexity index is 260. The molecule has 0 aliphatic heterocycles. The lowest BCUT2D eigenvalue weighted by molar-refractivity contribution is 0.636. The Morgan fingerprint density at radius 3 is 3.00 bits per heavy atom. The van der Waals surface area contributed by atoms with Crippen LogP contribution < -0.4 is 5.32 Å². The molecule has 1 atom stereocenters. The van der Waals surface area contributed by atoms with Crippen molar-refractivity contribution in [3.05, 3.63) is 29.6 Å². The highest BCUT2D eigenvalue weighted by Crippen LogP contribution is 2.07. The first-order valence-corrected chi connectivity index (χ1v) is 4.79. The average Bonchev–Trinajstić information content (AvgIpc) is 2.57. The molecule has 0 radical (unpaired) electrons. The fourth-order valence-corrected chi connectivity index (χ4v) is 1.27. The van der Waals surface area contributed by atoms with Crippen molar-refractivity contribution in [3.8, 4) is 0 Å². The van der Waals surface area contributed by atoms with Crippen molar-refractivity contribution in [2.24, 2.45) is 0 Å². The van der Waals surface area contributed by atoms with Gasteiger partial charge in [0.05, 0.1) is 0 Å². The van der Waals surface area contributed by atoms with E-state index in [1.807, 2.05) is 12.3 Å². The second-order valence-corrected chi connectivity index (χ2v) is 3.29. The Hall–Kier alpha value is -1.02. The summed E-state index contributed by atoms with van der Waals surface area (Å²) in [6.07, 6.45) is 4.12. The van der Waals surface area contributed by atoms with E-state index < -0.39 is 0 Å². The molecule has 1 aromatic heterocycles. The van der Waals surface area contributed by atoms with E-state index in [-0.39, 0.29) is 0 Å². The molecule has 72 valence electrons. The third-order valence-corrected chi connectivity index (χ3v) is 2.20. The minimum absolute atomic E-state index is 0.452. The Morgan fingerprint density at radius 1 is 1.69 bits per heavy atom. The Balaban J connectivity index is 2.60. The molecule has 2 N–H and O–H groups in total. The van der Waals surface area contributed by atoms with Gasteiger partial charge in [-0.1, -0.05) is 12.5 Å². The smallest absolute Gasteiger partial charge is 0.0380 e. The summed E-state index contributed by atoms with van der Waals surface area (Å²) in [6, 6.07) is 4.53. The van der Waals surface area contributed by atoms with Crippen molar-refractivity contribution in [2.45, 2.75) is 26.8 Å². The molecule has 1 rings (SSSR count). The van der Waals surface area contributed by atoms with Gasteiger partial charge in [0.15, 0.2) is 0 Å². The third-order valence-electron chi connectivity index (χ3n) is 2.20. The van der Waals surface area contributed by atoms with Crippen molar-refractivity contribution in [2.75, 3.05) is 6.54 Å². The Kier molecular flexibility index (Phi) is 3.77. The van der Waals surface area contributed by atoms with Gasteiger partial charge in [0.2, 0.25) is 0 Å². The summed E-state index contributed by atoms with van der Waals surface area (Å²) in [6.45, 7) is 7.46. The van der Waals surface area contributed by atoms with Crippen LogP contribution in [0.15, 0.2) is 23.9 Å². The zero-order valence-electron chi connectivity index (χ0n) is 8.59. The number of aromatic nitrogens is 1. The molecule has 0 fully saturated rings. The van der Waals surface area contributed by atoms with Gasteiger partial charge in [0, 0.05) is 17.9 Å². The van der Waals surface area contributed by atoms with Gasteiger partial charge in [-0.05, 0) is 38.6 Å². The maximum absolute atomic E-state index is 3.38. The molecule has 1 aromatic rings. The number of hydrogen-bond acceptors (Lipinski definition) is 1. The molecular weight excluding hydrogens is 160 g/mol. The number of aromatic amines is 1. The van der Waals surface area contributed by atoms with Crippen LogP contribution in [0.5, 0.6) is 0 Å². The monoisotopic (exact) mass is 178 g/mol. The SMILES string of the molecule is CCNC(C)/C(C)=C/c1ccc[nH]1. The van der Waals surface area contributed by atoms with Gasteiger partial charge in [0.25, 0.3) is 0 Å². The summed E-state index contributed by atoms with van der Waals surface area (Å²) in [4.78, 5) is 3.16. The van der Waals surface area contributed by atoms with Gasteiger partial charge < -0.3 is 10.3 Å². The first kappa shape index (κ1) is 10.1. The van der Waals surface area contributed by atoms with Crippen LogP contribution in [0.2, 0.25) is 0 Å². The second-order valence-electron chi connectivity index (χ2n) is 3.29. The maximum atomic E-state index is 3.38. The van der Waals surface area contributed by atoms with Crippen molar-refractivity contribution in [1.29, 1.82) is 0 Å². The van der Waals surface area contributed by atoms with E-state index in [4.69, 9.17) is 0 Å². The minimum atomic E-state index is 0.452. The number of likely N-dealkylation sites (N-methyl/N-ethyl adjacent to an activating group) is 1. The lowest BCUT2D eigenvalue weighted by Gasteiger charge is -2.12. The summed E-state index contributed by atoms with van der Waals surface area (Å²) >= 11 is 0. The van der Waals surface area contributed by atoms with E-state index in [1.54, 1.807) is 0 Å². The molecule has 0 aliphatic rings. The lowest BCUT2D eigenvalue weighted by Crippen LogP contribution is -2.26. The molecule has 0 aliphatic carbocycles. The highest BCUT2D eigenvalue weighted by atomic mass is 14.9. The maximum Gasteiger partial charge on any atom is 0.0380 e. The first-order chi connectivity index (χ1) is 6.24. The van der Waals surface area contributed by atoms with Crippen LogP contribution in [-0.4, -0.2) is 17.6 Å². The molecular formula is C11H18N2. The lowest BCUT2D eigenvalue weighted by atomic mass is 10.1. The standard InChI is InChI=1S/C11H18N2/c1-4-12-10(3)9(2)8-11-6-5-7-13-11/h5-8,10,12-13H,4H2,1-3H3/b9-8+. The molecule has 0 spiro atoms. The molecule has 0 saturated carbocycles. The van der Waals surface area contributed by atoms with Gasteiger partial charge in [-0.15, -0.1) is 0 Å². The summed E-state index contributed by atoms with van der Waals surface area (Å²) in [5.41, 5.74) is 2.52. The van der Waals surface area contributed by atoms with Crippen molar-refractivity contribution in [3.63, 3.8) is 0 Å². The summed E-state index contributed by atoms with van der Waals surface area (Å²) < 4.78 is 0. The fraction of sp³-hybridized carbons (Fsp3) is 0.455. The minimum Gasteiger partial charge on any atom is -0.362 e. The molecule has 13 heavy (non-hydrogen) atoms. The fourth-order valence-electron chi connectivity index (χ4n) is 1.27. The molecule has 0 aromatic carbocycles. The first-order valence-electron chi connectivity index (χ1n) is 4.79. The van der Waals surface area contributed by atoms with Gasteiger partial charge in [0.1, 0.15) is 0 Å². The number of nitrogens with one attached hydrogen (secondary N) is 2. The normalized spacial score (nSPS) is 14.5. The van der Waals surface area contributed by atoms with Gasteiger partial charge >= 0.3 is 0 Å².